The predicted molar refractivity (Wildman–Crippen MR) is 123 cm³/mol. The SMILES string of the molecule is Cc1ccc(S(=O)(=O)N2Cc3cc(-c4cccc(NC5CC5)c4OC(F)F)cc(F)c3C2)cc1. The molecule has 0 bridgehead atoms. The number of ether oxygens (including phenoxy) is 1. The molecule has 3 aromatic rings. The van der Waals surface area contributed by atoms with Gasteiger partial charge in [-0.1, -0.05) is 29.8 Å². The van der Waals surface area contributed by atoms with Crippen molar-refractivity contribution in [1.82, 2.24) is 4.31 Å². The summed E-state index contributed by atoms with van der Waals surface area (Å²) in [6.45, 7) is -1.29. The zero-order valence-corrected chi connectivity index (χ0v) is 19.2. The summed E-state index contributed by atoms with van der Waals surface area (Å²) >= 11 is 0. The number of fused-ring (bicyclic) bond motifs is 1. The Kier molecular flexibility index (Phi) is 5.77. The molecule has 5 nitrogen and oxygen atoms in total. The third kappa shape index (κ3) is 4.37. The van der Waals surface area contributed by atoms with E-state index in [1.807, 2.05) is 6.92 Å². The number of hydrogen-bond donors (Lipinski definition) is 1. The van der Waals surface area contributed by atoms with Gasteiger partial charge in [-0.05, 0) is 61.2 Å². The molecule has 1 aliphatic heterocycles. The zero-order chi connectivity index (χ0) is 24.0. The van der Waals surface area contributed by atoms with Crippen LogP contribution in [-0.2, 0) is 23.1 Å². The monoisotopic (exact) mass is 488 g/mol. The molecule has 3 aromatic carbocycles. The summed E-state index contributed by atoms with van der Waals surface area (Å²) in [5, 5.41) is 3.18. The van der Waals surface area contributed by atoms with Gasteiger partial charge in [-0.25, -0.2) is 12.8 Å². The van der Waals surface area contributed by atoms with Gasteiger partial charge in [-0.15, -0.1) is 0 Å². The second-order valence-corrected chi connectivity index (χ2v) is 10.6. The normalized spacial score (nSPS) is 16.0. The Hall–Kier alpha value is -3.04. The third-order valence-electron chi connectivity index (χ3n) is 6.10. The first kappa shape index (κ1) is 22.7. The van der Waals surface area contributed by atoms with Gasteiger partial charge in [0, 0.05) is 30.3 Å². The number of alkyl halides is 2. The average molecular weight is 489 g/mol. The maximum Gasteiger partial charge on any atom is 0.387 e. The van der Waals surface area contributed by atoms with Gasteiger partial charge in [0.05, 0.1) is 10.6 Å². The first-order valence-electron chi connectivity index (χ1n) is 11.0. The lowest BCUT2D eigenvalue weighted by molar-refractivity contribution is -0.0489. The number of aryl methyl sites for hydroxylation is 1. The van der Waals surface area contributed by atoms with Crippen LogP contribution in [0.25, 0.3) is 11.1 Å². The molecule has 5 rings (SSSR count). The van der Waals surface area contributed by atoms with Crippen molar-refractivity contribution in [3.05, 3.63) is 77.1 Å². The van der Waals surface area contributed by atoms with Crippen molar-refractivity contribution in [3.63, 3.8) is 0 Å². The molecular weight excluding hydrogens is 465 g/mol. The summed E-state index contributed by atoms with van der Waals surface area (Å²) < 4.78 is 73.8. The van der Waals surface area contributed by atoms with Crippen molar-refractivity contribution in [2.24, 2.45) is 0 Å². The number of halogens is 3. The van der Waals surface area contributed by atoms with E-state index in [-0.39, 0.29) is 35.3 Å². The summed E-state index contributed by atoms with van der Waals surface area (Å²) in [6.07, 6.45) is 1.88. The van der Waals surface area contributed by atoms with Crippen molar-refractivity contribution in [2.75, 3.05) is 5.32 Å². The van der Waals surface area contributed by atoms with Crippen LogP contribution in [-0.4, -0.2) is 25.4 Å². The molecule has 1 aliphatic carbocycles. The fraction of sp³-hybridized carbons (Fsp3) is 0.280. The van der Waals surface area contributed by atoms with Crippen LogP contribution in [0.3, 0.4) is 0 Å². The Balaban J connectivity index is 1.50. The molecule has 0 atom stereocenters. The molecule has 1 saturated carbocycles. The van der Waals surface area contributed by atoms with E-state index in [1.165, 1.54) is 22.5 Å². The number of hydrogen-bond acceptors (Lipinski definition) is 4. The third-order valence-corrected chi connectivity index (χ3v) is 7.90. The van der Waals surface area contributed by atoms with E-state index < -0.39 is 22.5 Å². The van der Waals surface area contributed by atoms with E-state index in [1.54, 1.807) is 36.4 Å². The highest BCUT2D eigenvalue weighted by Crippen LogP contribution is 2.42. The topological polar surface area (TPSA) is 58.6 Å². The molecule has 1 N–H and O–H groups in total. The van der Waals surface area contributed by atoms with Crippen LogP contribution in [0.5, 0.6) is 5.75 Å². The number of para-hydroxylation sites is 1. The molecule has 178 valence electrons. The molecule has 0 saturated heterocycles. The zero-order valence-electron chi connectivity index (χ0n) is 18.4. The highest BCUT2D eigenvalue weighted by atomic mass is 32.2. The number of rotatable bonds is 7. The van der Waals surface area contributed by atoms with Crippen molar-refractivity contribution in [3.8, 4) is 16.9 Å². The number of benzene rings is 3. The van der Waals surface area contributed by atoms with E-state index >= 15 is 4.39 Å². The van der Waals surface area contributed by atoms with Crippen LogP contribution in [0.15, 0.2) is 59.5 Å². The quantitative estimate of drug-likeness (QED) is 0.465. The molecule has 0 amide bonds. The van der Waals surface area contributed by atoms with E-state index in [2.05, 4.69) is 5.32 Å². The van der Waals surface area contributed by atoms with Gasteiger partial charge in [0.2, 0.25) is 10.0 Å². The fourth-order valence-electron chi connectivity index (χ4n) is 4.16. The summed E-state index contributed by atoms with van der Waals surface area (Å²) in [6, 6.07) is 14.5. The average Bonchev–Trinajstić information content (AvgIpc) is 3.49. The Labute approximate surface area is 196 Å². The molecule has 1 fully saturated rings. The molecule has 2 aliphatic rings. The van der Waals surface area contributed by atoms with Crippen LogP contribution in [0, 0.1) is 12.7 Å². The second-order valence-electron chi connectivity index (χ2n) is 8.66. The highest BCUT2D eigenvalue weighted by Gasteiger charge is 2.33. The number of nitrogens with one attached hydrogen (secondary N) is 1. The summed E-state index contributed by atoms with van der Waals surface area (Å²) in [5.74, 6) is -0.636. The molecule has 0 spiro atoms. The second kappa shape index (κ2) is 8.63. The van der Waals surface area contributed by atoms with Gasteiger partial charge in [0.15, 0.2) is 5.75 Å². The maximum atomic E-state index is 15.1. The molecule has 0 unspecified atom stereocenters. The molecule has 1 heterocycles. The lowest BCUT2D eigenvalue weighted by Gasteiger charge is -2.17. The van der Waals surface area contributed by atoms with Crippen molar-refractivity contribution < 1.29 is 26.3 Å². The number of sulfonamides is 1. The first-order valence-corrected chi connectivity index (χ1v) is 12.4. The van der Waals surface area contributed by atoms with Gasteiger partial charge in [-0.3, -0.25) is 0 Å². The largest absolute Gasteiger partial charge is 0.432 e. The Morgan fingerprint density at radius 1 is 1.06 bits per heavy atom. The fourth-order valence-corrected chi connectivity index (χ4v) is 5.55. The molecule has 0 radical (unpaired) electrons. The lowest BCUT2D eigenvalue weighted by Crippen LogP contribution is -2.25. The Bertz CT molecular complexity index is 1340. The number of anilines is 1. The summed E-state index contributed by atoms with van der Waals surface area (Å²) in [4.78, 5) is 0.137. The molecule has 9 heteroatoms. The Morgan fingerprint density at radius 3 is 2.47 bits per heavy atom. The predicted octanol–water partition coefficient (Wildman–Crippen LogP) is 5.68. The van der Waals surface area contributed by atoms with Crippen molar-refractivity contribution in [1.29, 1.82) is 0 Å². The van der Waals surface area contributed by atoms with Crippen LogP contribution in [0.2, 0.25) is 0 Å². The maximum absolute atomic E-state index is 15.1. The first-order chi connectivity index (χ1) is 16.2. The van der Waals surface area contributed by atoms with Gasteiger partial charge in [-0.2, -0.15) is 13.1 Å². The summed E-state index contributed by atoms with van der Waals surface area (Å²) in [7, 11) is -3.82. The van der Waals surface area contributed by atoms with Gasteiger partial charge < -0.3 is 10.1 Å². The van der Waals surface area contributed by atoms with E-state index in [9.17, 15) is 17.2 Å². The van der Waals surface area contributed by atoms with Gasteiger partial charge >= 0.3 is 6.61 Å². The van der Waals surface area contributed by atoms with Crippen LogP contribution < -0.4 is 10.1 Å². The minimum absolute atomic E-state index is 0.0125. The van der Waals surface area contributed by atoms with Crippen LogP contribution in [0.4, 0.5) is 18.9 Å². The van der Waals surface area contributed by atoms with Gasteiger partial charge in [0.25, 0.3) is 0 Å². The standard InChI is InChI=1S/C25H23F3N2O3S/c1-15-5-9-19(10-6-15)34(31,32)30-13-17-11-16(12-22(26)21(17)14-30)20-3-2-4-23(29-18-7-8-18)24(20)33-25(27)28/h2-6,9-12,18,25,29H,7-8,13-14H2,1H3. The molecular formula is C25H23F3N2O3S. The lowest BCUT2D eigenvalue weighted by atomic mass is 9.98. The minimum Gasteiger partial charge on any atom is -0.432 e. The van der Waals surface area contributed by atoms with E-state index in [0.29, 0.717) is 22.4 Å². The highest BCUT2D eigenvalue weighted by molar-refractivity contribution is 7.89. The van der Waals surface area contributed by atoms with E-state index in [0.717, 1.165) is 18.4 Å². The Morgan fingerprint density at radius 2 is 1.79 bits per heavy atom. The van der Waals surface area contributed by atoms with Crippen molar-refractivity contribution in [2.45, 2.75) is 50.4 Å². The van der Waals surface area contributed by atoms with Crippen molar-refractivity contribution >= 4 is 15.7 Å². The van der Waals surface area contributed by atoms with Crippen LogP contribution >= 0.6 is 0 Å². The summed E-state index contributed by atoms with van der Waals surface area (Å²) in [5.41, 5.74) is 2.79. The molecule has 34 heavy (non-hydrogen) atoms. The van der Waals surface area contributed by atoms with E-state index in [4.69, 9.17) is 4.74 Å². The molecule has 0 aromatic heterocycles. The smallest absolute Gasteiger partial charge is 0.387 e. The van der Waals surface area contributed by atoms with Gasteiger partial charge in [0.1, 0.15) is 5.82 Å². The minimum atomic E-state index is -3.82. The van der Waals surface area contributed by atoms with Crippen LogP contribution in [0.1, 0.15) is 29.5 Å². The number of nitrogens with zero attached hydrogens (tertiary/aromatic N) is 1.